The first-order valence-corrected chi connectivity index (χ1v) is 24.1. The number of hydrogen-bond acceptors (Lipinski definition) is 26. The maximum Gasteiger partial charge on any atom is 0.333 e. The van der Waals surface area contributed by atoms with Crippen LogP contribution in [-0.2, 0) is 80.8 Å². The highest BCUT2D eigenvalue weighted by Crippen LogP contribution is 2.36. The number of ether oxygens (including phenoxy) is 12. The largest absolute Gasteiger partial charge is 0.459 e. The summed E-state index contributed by atoms with van der Waals surface area (Å²) in [5, 5.41) is 103. The van der Waals surface area contributed by atoms with Gasteiger partial charge in [-0.05, 0) is 69.2 Å². The fourth-order valence-electron chi connectivity index (χ4n) is 7.39. The van der Waals surface area contributed by atoms with Gasteiger partial charge in [-0.3, -0.25) is 0 Å². The van der Waals surface area contributed by atoms with E-state index in [1.807, 2.05) is 0 Å². The Morgan fingerprint density at radius 3 is 0.947 bits per heavy atom. The summed E-state index contributed by atoms with van der Waals surface area (Å²) in [5.41, 5.74) is 0.663. The molecule has 0 radical (unpaired) electrons. The third kappa shape index (κ3) is 15.8. The van der Waals surface area contributed by atoms with Crippen LogP contribution in [0.2, 0.25) is 0 Å². The molecule has 4 saturated heterocycles. The standard InChI is InChI=1S/C49H72O26/c1-11-20(6)41(59)64-16-25-29(50)33(54)36(57)46(68-25)73-39-34(55)30(51)26(17-65-42(60)21(7)12-2)70-48(39)75-49-40(35(56)31(52)27(71-49)18-66-43(61)22(8)13-3)74-47-37(58)38(72-45(63)24(10)15-5)32(53)28(69-47)19-67-44(62)23(9)14-4/h11-15,25-40,46-58H,16-19H2,1-10H3. The van der Waals surface area contributed by atoms with Crippen molar-refractivity contribution in [3.8, 4) is 0 Å². The zero-order valence-electron chi connectivity index (χ0n) is 43.2. The van der Waals surface area contributed by atoms with Crippen molar-refractivity contribution in [2.45, 2.75) is 192 Å². The Kier molecular flexibility index (Phi) is 24.1. The molecule has 4 fully saturated rings. The second-order valence-corrected chi connectivity index (χ2v) is 18.0. The molecule has 0 aromatic carbocycles. The van der Waals surface area contributed by atoms with E-state index in [4.69, 9.17) is 56.8 Å². The highest BCUT2D eigenvalue weighted by molar-refractivity contribution is 5.89. The Morgan fingerprint density at radius 2 is 0.613 bits per heavy atom. The third-order valence-electron chi connectivity index (χ3n) is 13.0. The van der Waals surface area contributed by atoms with Crippen LogP contribution >= 0.6 is 0 Å². The normalized spacial score (nSPS) is 37.3. The summed E-state index contributed by atoms with van der Waals surface area (Å²) in [5.74, 6) is -4.39. The van der Waals surface area contributed by atoms with Crippen molar-refractivity contribution in [1.82, 2.24) is 0 Å². The second kappa shape index (κ2) is 28.7. The smallest absolute Gasteiger partial charge is 0.333 e. The van der Waals surface area contributed by atoms with Gasteiger partial charge in [0, 0.05) is 27.9 Å². The predicted molar refractivity (Wildman–Crippen MR) is 250 cm³/mol. The van der Waals surface area contributed by atoms with E-state index in [9.17, 15) is 69.9 Å². The first kappa shape index (κ1) is 62.9. The Balaban J connectivity index is 1.80. The number of aliphatic hydroxyl groups excluding tert-OH is 9. The molecule has 4 rings (SSSR count). The maximum absolute atomic E-state index is 13.0. The summed E-state index contributed by atoms with van der Waals surface area (Å²) in [4.78, 5) is 63.7. The lowest BCUT2D eigenvalue weighted by atomic mass is 9.96. The van der Waals surface area contributed by atoms with Crippen LogP contribution in [0.3, 0.4) is 0 Å². The molecule has 4 heterocycles. The molecule has 75 heavy (non-hydrogen) atoms. The first-order valence-electron chi connectivity index (χ1n) is 24.1. The maximum atomic E-state index is 13.0. The molecule has 4 aliphatic rings. The molecular formula is C49H72O26. The molecule has 424 valence electrons. The van der Waals surface area contributed by atoms with Gasteiger partial charge in [0.05, 0.1) is 0 Å². The minimum atomic E-state index is -2.20. The van der Waals surface area contributed by atoms with Crippen molar-refractivity contribution in [1.29, 1.82) is 0 Å². The fraction of sp³-hybridized carbons (Fsp3) is 0.694. The number of carbonyl (C=O) groups is 5. The van der Waals surface area contributed by atoms with E-state index in [-0.39, 0.29) is 27.9 Å². The summed E-state index contributed by atoms with van der Waals surface area (Å²) in [6, 6.07) is 0. The highest BCUT2D eigenvalue weighted by Gasteiger charge is 2.57. The average molecular weight is 1080 g/mol. The summed E-state index contributed by atoms with van der Waals surface area (Å²) >= 11 is 0. The number of hydrogen-bond donors (Lipinski definition) is 9. The minimum absolute atomic E-state index is 0.0472. The number of esters is 5. The second-order valence-electron chi connectivity index (χ2n) is 18.0. The van der Waals surface area contributed by atoms with E-state index in [1.54, 1.807) is 27.7 Å². The SMILES string of the molecule is CC=C(C)C(=O)OCC1OC(OC2C(OC3OC(COC(=O)C(C)=CC)C(O)C(O)C3OC3OC(COC(=O)C(C)=CC)C(O)C(OC(=O)C(C)=CC)C3O)OC(COC(=O)C(C)=CC)C(O)C2O)C(O)C(O)C1O. The highest BCUT2D eigenvalue weighted by atomic mass is 16.8. The Bertz CT molecular complexity index is 2120. The van der Waals surface area contributed by atoms with Gasteiger partial charge >= 0.3 is 29.8 Å². The van der Waals surface area contributed by atoms with Crippen LogP contribution in [0, 0.1) is 0 Å². The van der Waals surface area contributed by atoms with Crippen LogP contribution in [0.25, 0.3) is 0 Å². The predicted octanol–water partition coefficient (Wildman–Crippen LogP) is -2.16. The average Bonchev–Trinajstić information content (AvgIpc) is 3.40. The van der Waals surface area contributed by atoms with Crippen molar-refractivity contribution in [2.75, 3.05) is 26.4 Å². The van der Waals surface area contributed by atoms with Gasteiger partial charge in [-0.25, -0.2) is 24.0 Å². The Labute approximate surface area is 432 Å². The zero-order chi connectivity index (χ0) is 56.2. The fourth-order valence-corrected chi connectivity index (χ4v) is 7.39. The van der Waals surface area contributed by atoms with E-state index in [1.165, 1.54) is 71.9 Å². The summed E-state index contributed by atoms with van der Waals surface area (Å²) in [6.07, 6.45) is -32.7. The van der Waals surface area contributed by atoms with Crippen molar-refractivity contribution >= 4 is 29.8 Å². The molecule has 26 heteroatoms. The molecule has 4 aliphatic heterocycles. The summed E-state index contributed by atoms with van der Waals surface area (Å²) < 4.78 is 68.6. The minimum Gasteiger partial charge on any atom is -0.459 e. The first-order chi connectivity index (χ1) is 35.3. The topological polar surface area (TPSA) is 378 Å². The van der Waals surface area contributed by atoms with E-state index in [0.717, 1.165) is 0 Å². The van der Waals surface area contributed by atoms with Gasteiger partial charge in [-0.15, -0.1) is 0 Å². The molecule has 0 aromatic heterocycles. The summed E-state index contributed by atoms with van der Waals surface area (Å²) in [7, 11) is 0. The molecule has 0 spiro atoms. The van der Waals surface area contributed by atoms with Crippen molar-refractivity contribution in [3.63, 3.8) is 0 Å². The monoisotopic (exact) mass is 1080 g/mol. The van der Waals surface area contributed by atoms with Gasteiger partial charge in [0.1, 0.15) is 118 Å². The van der Waals surface area contributed by atoms with Crippen LogP contribution < -0.4 is 0 Å². The Hall–Kier alpha value is -4.59. The van der Waals surface area contributed by atoms with Gasteiger partial charge in [0.25, 0.3) is 0 Å². The Morgan fingerprint density at radius 1 is 0.333 bits per heavy atom. The van der Waals surface area contributed by atoms with Crippen LogP contribution in [-0.4, -0.2) is 225 Å². The van der Waals surface area contributed by atoms with Crippen LogP contribution in [0.4, 0.5) is 0 Å². The lowest BCUT2D eigenvalue weighted by Gasteiger charge is -2.49. The van der Waals surface area contributed by atoms with Crippen molar-refractivity contribution in [2.24, 2.45) is 0 Å². The van der Waals surface area contributed by atoms with Gasteiger partial charge in [-0.2, -0.15) is 0 Å². The number of aliphatic hydroxyl groups is 9. The van der Waals surface area contributed by atoms with Gasteiger partial charge in [0.2, 0.25) is 0 Å². The van der Waals surface area contributed by atoms with Crippen molar-refractivity contribution < 1.29 is 127 Å². The lowest BCUT2D eigenvalue weighted by Crippen LogP contribution is -2.68. The molecule has 9 N–H and O–H groups in total. The zero-order valence-corrected chi connectivity index (χ0v) is 43.2. The van der Waals surface area contributed by atoms with Crippen molar-refractivity contribution in [3.05, 3.63) is 58.2 Å². The van der Waals surface area contributed by atoms with E-state index >= 15 is 0 Å². The molecule has 0 amide bonds. The van der Waals surface area contributed by atoms with Gasteiger partial charge < -0.3 is 103 Å². The molecule has 0 aliphatic carbocycles. The van der Waals surface area contributed by atoms with Gasteiger partial charge in [0.15, 0.2) is 31.3 Å². The lowest BCUT2D eigenvalue weighted by molar-refractivity contribution is -0.414. The van der Waals surface area contributed by atoms with E-state index in [2.05, 4.69) is 0 Å². The van der Waals surface area contributed by atoms with Gasteiger partial charge in [-0.1, -0.05) is 30.4 Å². The van der Waals surface area contributed by atoms with E-state index < -0.39 is 179 Å². The summed E-state index contributed by atoms with van der Waals surface area (Å²) in [6.45, 7) is 11.9. The molecule has 20 unspecified atom stereocenters. The number of carbonyl (C=O) groups excluding carboxylic acids is 5. The molecule has 0 saturated carbocycles. The molecule has 0 aromatic rings. The quantitative estimate of drug-likeness (QED) is 0.0356. The molecule has 0 bridgehead atoms. The van der Waals surface area contributed by atoms with E-state index in [0.29, 0.717) is 0 Å². The molecular weight excluding hydrogens is 1000 g/mol. The molecule has 20 atom stereocenters. The third-order valence-corrected chi connectivity index (χ3v) is 13.0. The van der Waals surface area contributed by atoms with Crippen LogP contribution in [0.15, 0.2) is 58.2 Å². The number of rotatable bonds is 20. The number of allylic oxidation sites excluding steroid dienone is 5. The van der Waals surface area contributed by atoms with Crippen LogP contribution in [0.5, 0.6) is 0 Å². The van der Waals surface area contributed by atoms with Crippen LogP contribution in [0.1, 0.15) is 69.2 Å². The molecule has 26 nitrogen and oxygen atoms in total.